The molecule has 0 atom stereocenters. The minimum absolute atomic E-state index is 0.436. The Hall–Kier alpha value is -0.520. The highest BCUT2D eigenvalue weighted by Gasteiger charge is 2.35. The van der Waals surface area contributed by atoms with Crippen LogP contribution in [0.2, 0.25) is 0 Å². The average molecular weight is 206 g/mol. The molecule has 1 spiro atoms. The fraction of sp³-hybridized carbons (Fsp3) is 0.846. The van der Waals surface area contributed by atoms with Gasteiger partial charge in [-0.3, -0.25) is 4.90 Å². The maximum absolute atomic E-state index is 3.75. The summed E-state index contributed by atoms with van der Waals surface area (Å²) in [7, 11) is 0. The molecule has 2 fully saturated rings. The Morgan fingerprint density at radius 3 is 2.80 bits per heavy atom. The van der Waals surface area contributed by atoms with Gasteiger partial charge >= 0.3 is 0 Å². The first-order chi connectivity index (χ1) is 7.35. The first-order valence-corrected chi connectivity index (χ1v) is 6.22. The Bertz CT molecular complexity index is 250. The van der Waals surface area contributed by atoms with Crippen molar-refractivity contribution in [2.45, 2.75) is 44.6 Å². The Morgan fingerprint density at radius 2 is 2.07 bits per heavy atom. The van der Waals surface area contributed by atoms with Gasteiger partial charge in [0.05, 0.1) is 6.54 Å². The molecule has 0 aromatic rings. The molecule has 1 heterocycles. The van der Waals surface area contributed by atoms with Gasteiger partial charge in [0.15, 0.2) is 0 Å². The van der Waals surface area contributed by atoms with E-state index >= 15 is 0 Å². The van der Waals surface area contributed by atoms with Crippen LogP contribution in [0.3, 0.4) is 0 Å². The summed E-state index contributed by atoms with van der Waals surface area (Å²) in [5, 5.41) is 3.75. The molecule has 15 heavy (non-hydrogen) atoms. The molecule has 2 nitrogen and oxygen atoms in total. The Balaban J connectivity index is 1.92. The molecular weight excluding hydrogens is 184 g/mol. The maximum Gasteiger partial charge on any atom is 0.0602 e. The second kappa shape index (κ2) is 5.01. The van der Waals surface area contributed by atoms with Crippen molar-refractivity contribution in [2.75, 3.05) is 26.2 Å². The molecule has 84 valence electrons. The van der Waals surface area contributed by atoms with Crippen LogP contribution in [0.25, 0.3) is 0 Å². The Kier molecular flexibility index (Phi) is 3.66. The number of nitrogens with zero attached hydrogens (tertiary/aromatic N) is 1. The number of piperazine rings is 1. The Labute approximate surface area is 93.4 Å². The highest BCUT2D eigenvalue weighted by Crippen LogP contribution is 2.30. The van der Waals surface area contributed by atoms with Crippen LogP contribution in [-0.2, 0) is 0 Å². The van der Waals surface area contributed by atoms with E-state index in [1.807, 2.05) is 6.92 Å². The van der Waals surface area contributed by atoms with Gasteiger partial charge in [0.2, 0.25) is 0 Å². The van der Waals surface area contributed by atoms with Crippen molar-refractivity contribution in [1.29, 1.82) is 0 Å². The zero-order valence-electron chi connectivity index (χ0n) is 9.81. The van der Waals surface area contributed by atoms with Crippen molar-refractivity contribution in [3.05, 3.63) is 0 Å². The van der Waals surface area contributed by atoms with Crippen molar-refractivity contribution < 1.29 is 0 Å². The van der Waals surface area contributed by atoms with Crippen molar-refractivity contribution in [3.63, 3.8) is 0 Å². The fourth-order valence-corrected chi connectivity index (χ4v) is 2.93. The molecule has 1 saturated heterocycles. The molecular formula is C13H22N2. The summed E-state index contributed by atoms with van der Waals surface area (Å²) in [6, 6.07) is 0. The molecule has 1 N–H and O–H groups in total. The van der Waals surface area contributed by atoms with Gasteiger partial charge in [0, 0.05) is 25.2 Å². The van der Waals surface area contributed by atoms with E-state index in [9.17, 15) is 0 Å². The lowest BCUT2D eigenvalue weighted by molar-refractivity contribution is 0.110. The minimum atomic E-state index is 0.436. The SMILES string of the molecule is CC#CCN1CCNC2(CCCCC2)C1. The van der Waals surface area contributed by atoms with Crippen LogP contribution in [0.5, 0.6) is 0 Å². The molecule has 1 aliphatic heterocycles. The zero-order chi connectivity index (χ0) is 10.6. The number of hydrogen-bond donors (Lipinski definition) is 1. The van der Waals surface area contributed by atoms with Crippen molar-refractivity contribution in [1.82, 2.24) is 10.2 Å². The standard InChI is InChI=1S/C13H22N2/c1-2-3-10-15-11-9-14-13(12-15)7-5-4-6-8-13/h14H,4-12H2,1H3. The summed E-state index contributed by atoms with van der Waals surface area (Å²) in [4.78, 5) is 2.51. The van der Waals surface area contributed by atoms with Crippen LogP contribution in [0.15, 0.2) is 0 Å². The third kappa shape index (κ3) is 2.74. The molecule has 0 aromatic heterocycles. The summed E-state index contributed by atoms with van der Waals surface area (Å²) in [6.45, 7) is 6.40. The minimum Gasteiger partial charge on any atom is -0.309 e. The molecule has 0 unspecified atom stereocenters. The smallest absolute Gasteiger partial charge is 0.0602 e. The van der Waals surface area contributed by atoms with Crippen LogP contribution in [0.1, 0.15) is 39.0 Å². The normalized spacial score (nSPS) is 25.9. The predicted octanol–water partition coefficient (Wildman–Crippen LogP) is 1.62. The number of hydrogen-bond acceptors (Lipinski definition) is 2. The van der Waals surface area contributed by atoms with E-state index in [4.69, 9.17) is 0 Å². The monoisotopic (exact) mass is 206 g/mol. The molecule has 1 saturated carbocycles. The van der Waals surface area contributed by atoms with Gasteiger partial charge in [0.25, 0.3) is 0 Å². The van der Waals surface area contributed by atoms with Gasteiger partial charge in [-0.25, -0.2) is 0 Å². The lowest BCUT2D eigenvalue weighted by Crippen LogP contribution is -2.61. The molecule has 1 aliphatic carbocycles. The molecule has 0 amide bonds. The highest BCUT2D eigenvalue weighted by atomic mass is 15.2. The summed E-state index contributed by atoms with van der Waals surface area (Å²) >= 11 is 0. The van der Waals surface area contributed by atoms with Gasteiger partial charge in [-0.15, -0.1) is 5.92 Å². The lowest BCUT2D eigenvalue weighted by atomic mass is 9.80. The van der Waals surface area contributed by atoms with E-state index in [0.29, 0.717) is 5.54 Å². The van der Waals surface area contributed by atoms with Gasteiger partial charge < -0.3 is 5.32 Å². The van der Waals surface area contributed by atoms with E-state index in [1.165, 1.54) is 38.6 Å². The quantitative estimate of drug-likeness (QED) is 0.656. The van der Waals surface area contributed by atoms with E-state index in [-0.39, 0.29) is 0 Å². The zero-order valence-corrected chi connectivity index (χ0v) is 9.81. The lowest BCUT2D eigenvalue weighted by Gasteiger charge is -2.45. The number of nitrogens with one attached hydrogen (secondary N) is 1. The second-order valence-electron chi connectivity index (χ2n) is 4.91. The van der Waals surface area contributed by atoms with Crippen LogP contribution < -0.4 is 5.32 Å². The van der Waals surface area contributed by atoms with E-state index in [1.54, 1.807) is 0 Å². The first kappa shape index (κ1) is 11.0. The van der Waals surface area contributed by atoms with Gasteiger partial charge in [-0.1, -0.05) is 25.2 Å². The van der Waals surface area contributed by atoms with E-state index in [0.717, 1.165) is 19.6 Å². The third-order valence-corrected chi connectivity index (χ3v) is 3.74. The van der Waals surface area contributed by atoms with Gasteiger partial charge in [-0.05, 0) is 19.8 Å². The number of rotatable bonds is 1. The molecule has 0 aromatic carbocycles. The van der Waals surface area contributed by atoms with Crippen molar-refractivity contribution in [3.8, 4) is 11.8 Å². The van der Waals surface area contributed by atoms with Gasteiger partial charge in [0.1, 0.15) is 0 Å². The van der Waals surface area contributed by atoms with E-state index < -0.39 is 0 Å². The van der Waals surface area contributed by atoms with E-state index in [2.05, 4.69) is 22.1 Å². The predicted molar refractivity (Wildman–Crippen MR) is 63.7 cm³/mol. The Morgan fingerprint density at radius 1 is 1.27 bits per heavy atom. The third-order valence-electron chi connectivity index (χ3n) is 3.74. The molecule has 2 aliphatic rings. The van der Waals surface area contributed by atoms with Crippen LogP contribution in [0, 0.1) is 11.8 Å². The first-order valence-electron chi connectivity index (χ1n) is 6.22. The largest absolute Gasteiger partial charge is 0.309 e. The van der Waals surface area contributed by atoms with Crippen LogP contribution in [0.4, 0.5) is 0 Å². The molecule has 0 bridgehead atoms. The fourth-order valence-electron chi connectivity index (χ4n) is 2.93. The summed E-state index contributed by atoms with van der Waals surface area (Å²) in [6.07, 6.45) is 6.96. The summed E-state index contributed by atoms with van der Waals surface area (Å²) in [5.41, 5.74) is 0.436. The molecule has 2 heteroatoms. The summed E-state index contributed by atoms with van der Waals surface area (Å²) < 4.78 is 0. The van der Waals surface area contributed by atoms with Crippen LogP contribution >= 0.6 is 0 Å². The topological polar surface area (TPSA) is 15.3 Å². The van der Waals surface area contributed by atoms with Gasteiger partial charge in [-0.2, -0.15) is 0 Å². The molecule has 2 rings (SSSR count). The van der Waals surface area contributed by atoms with Crippen molar-refractivity contribution in [2.24, 2.45) is 0 Å². The highest BCUT2D eigenvalue weighted by molar-refractivity contribution is 5.02. The maximum atomic E-state index is 3.75. The summed E-state index contributed by atoms with van der Waals surface area (Å²) in [5.74, 6) is 6.18. The molecule has 0 radical (unpaired) electrons. The second-order valence-corrected chi connectivity index (χ2v) is 4.91. The van der Waals surface area contributed by atoms with Crippen molar-refractivity contribution >= 4 is 0 Å². The average Bonchev–Trinajstić information content (AvgIpc) is 2.28. The van der Waals surface area contributed by atoms with Crippen LogP contribution in [-0.4, -0.2) is 36.6 Å².